The van der Waals surface area contributed by atoms with Crippen LogP contribution in [0.15, 0.2) is 34.5 Å². The average molecular weight is 324 g/mol. The molecule has 0 radical (unpaired) electrons. The third-order valence-electron chi connectivity index (χ3n) is 3.21. The molecule has 114 valence electrons. The highest BCUT2D eigenvalue weighted by Crippen LogP contribution is 2.27. The van der Waals surface area contributed by atoms with Crippen molar-refractivity contribution in [3.05, 3.63) is 45.6 Å². The standard InChI is InChI=1S/C15H20N2O2S2/c1-11-5-12(2)7-13(6-11)17(4)21(18,19)15-8-14(9-16-3)20-10-15/h5-8,10,16H,9H2,1-4H3. The first-order valence-corrected chi connectivity index (χ1v) is 8.96. The Kier molecular flexibility index (Phi) is 4.70. The molecule has 1 aromatic carbocycles. The number of nitrogens with zero attached hydrogens (tertiary/aromatic N) is 1. The molecule has 0 unspecified atom stereocenters. The molecule has 4 nitrogen and oxygen atoms in total. The normalized spacial score (nSPS) is 11.6. The van der Waals surface area contributed by atoms with Crippen molar-refractivity contribution in [2.75, 3.05) is 18.4 Å². The van der Waals surface area contributed by atoms with Gasteiger partial charge in [0.15, 0.2) is 0 Å². The summed E-state index contributed by atoms with van der Waals surface area (Å²) in [6, 6.07) is 7.52. The second-order valence-corrected chi connectivity index (χ2v) is 8.06. The first-order chi connectivity index (χ1) is 9.84. The number of aryl methyl sites for hydroxylation is 2. The van der Waals surface area contributed by atoms with E-state index in [0.29, 0.717) is 17.1 Å². The number of nitrogens with one attached hydrogen (secondary N) is 1. The van der Waals surface area contributed by atoms with Gasteiger partial charge in [-0.3, -0.25) is 4.31 Å². The van der Waals surface area contributed by atoms with Crippen LogP contribution >= 0.6 is 11.3 Å². The van der Waals surface area contributed by atoms with E-state index < -0.39 is 10.0 Å². The van der Waals surface area contributed by atoms with Crippen LogP contribution in [0.5, 0.6) is 0 Å². The Labute approximate surface area is 130 Å². The Morgan fingerprint density at radius 1 is 1.14 bits per heavy atom. The second-order valence-electron chi connectivity index (χ2n) is 5.10. The van der Waals surface area contributed by atoms with Gasteiger partial charge >= 0.3 is 0 Å². The number of hydrogen-bond donors (Lipinski definition) is 1. The van der Waals surface area contributed by atoms with Gasteiger partial charge in [0.25, 0.3) is 10.0 Å². The summed E-state index contributed by atoms with van der Waals surface area (Å²) < 4.78 is 26.7. The second kappa shape index (κ2) is 6.17. The van der Waals surface area contributed by atoms with Gasteiger partial charge in [-0.15, -0.1) is 11.3 Å². The fourth-order valence-corrected chi connectivity index (χ4v) is 4.65. The first kappa shape index (κ1) is 16.0. The SMILES string of the molecule is CNCc1cc(S(=O)(=O)N(C)c2cc(C)cc(C)c2)cs1. The highest BCUT2D eigenvalue weighted by Gasteiger charge is 2.23. The first-order valence-electron chi connectivity index (χ1n) is 6.64. The van der Waals surface area contributed by atoms with Crippen LogP contribution in [0.1, 0.15) is 16.0 Å². The lowest BCUT2D eigenvalue weighted by Crippen LogP contribution is -2.26. The Hall–Kier alpha value is -1.37. The van der Waals surface area contributed by atoms with Crippen molar-refractivity contribution in [3.8, 4) is 0 Å². The van der Waals surface area contributed by atoms with E-state index in [1.54, 1.807) is 18.5 Å². The molecule has 6 heteroatoms. The Morgan fingerprint density at radius 2 is 1.76 bits per heavy atom. The van der Waals surface area contributed by atoms with Crippen molar-refractivity contribution >= 4 is 27.0 Å². The molecule has 1 N–H and O–H groups in total. The summed E-state index contributed by atoms with van der Waals surface area (Å²) in [6.07, 6.45) is 0. The lowest BCUT2D eigenvalue weighted by Gasteiger charge is -2.19. The number of sulfonamides is 1. The molecule has 2 rings (SSSR count). The van der Waals surface area contributed by atoms with Crippen LogP contribution in [0.2, 0.25) is 0 Å². The van der Waals surface area contributed by atoms with Gasteiger partial charge in [-0.25, -0.2) is 8.42 Å². The fraction of sp³-hybridized carbons (Fsp3) is 0.333. The molecular weight excluding hydrogens is 304 g/mol. The highest BCUT2D eigenvalue weighted by atomic mass is 32.2. The van der Waals surface area contributed by atoms with Gasteiger partial charge in [0.05, 0.1) is 10.6 Å². The van der Waals surface area contributed by atoms with Gasteiger partial charge in [0, 0.05) is 23.8 Å². The minimum atomic E-state index is -3.51. The topological polar surface area (TPSA) is 49.4 Å². The molecule has 1 aromatic heterocycles. The molecule has 1 heterocycles. The van der Waals surface area contributed by atoms with Crippen molar-refractivity contribution in [2.24, 2.45) is 0 Å². The third-order valence-corrected chi connectivity index (χ3v) is 6.06. The number of rotatable bonds is 5. The van der Waals surface area contributed by atoms with E-state index in [4.69, 9.17) is 0 Å². The largest absolute Gasteiger partial charge is 0.315 e. The lowest BCUT2D eigenvalue weighted by atomic mass is 10.1. The van der Waals surface area contributed by atoms with E-state index in [9.17, 15) is 8.42 Å². The zero-order valence-corrected chi connectivity index (χ0v) is 14.3. The summed E-state index contributed by atoms with van der Waals surface area (Å²) in [5.74, 6) is 0. The maximum absolute atomic E-state index is 12.7. The Morgan fingerprint density at radius 3 is 2.33 bits per heavy atom. The fourth-order valence-electron chi connectivity index (χ4n) is 2.19. The van der Waals surface area contributed by atoms with Crippen LogP contribution in [-0.4, -0.2) is 22.5 Å². The maximum Gasteiger partial charge on any atom is 0.264 e. The summed E-state index contributed by atoms with van der Waals surface area (Å²) >= 11 is 1.45. The molecule has 0 aliphatic heterocycles. The van der Waals surface area contributed by atoms with Crippen LogP contribution in [0.25, 0.3) is 0 Å². The molecule has 0 fully saturated rings. The summed E-state index contributed by atoms with van der Waals surface area (Å²) in [7, 11) is -0.0681. The van der Waals surface area contributed by atoms with E-state index in [1.165, 1.54) is 15.6 Å². The number of benzene rings is 1. The molecular formula is C15H20N2O2S2. The third kappa shape index (κ3) is 3.45. The van der Waals surface area contributed by atoms with E-state index in [0.717, 1.165) is 16.0 Å². The smallest absolute Gasteiger partial charge is 0.264 e. The monoisotopic (exact) mass is 324 g/mol. The van der Waals surface area contributed by atoms with Crippen LogP contribution in [0.4, 0.5) is 5.69 Å². The number of hydrogen-bond acceptors (Lipinski definition) is 4. The molecule has 21 heavy (non-hydrogen) atoms. The van der Waals surface area contributed by atoms with Crippen LogP contribution < -0.4 is 9.62 Å². The molecule has 0 aliphatic carbocycles. The van der Waals surface area contributed by atoms with Gasteiger partial charge in [-0.2, -0.15) is 0 Å². The molecule has 0 amide bonds. The van der Waals surface area contributed by atoms with Gasteiger partial charge in [-0.05, 0) is 50.2 Å². The van der Waals surface area contributed by atoms with Crippen molar-refractivity contribution in [1.82, 2.24) is 5.32 Å². The van der Waals surface area contributed by atoms with Crippen molar-refractivity contribution in [1.29, 1.82) is 0 Å². The van der Waals surface area contributed by atoms with Crippen LogP contribution in [0.3, 0.4) is 0 Å². The predicted octanol–water partition coefficient (Wildman–Crippen LogP) is 2.91. The van der Waals surface area contributed by atoms with E-state index >= 15 is 0 Å². The quantitative estimate of drug-likeness (QED) is 0.920. The van der Waals surface area contributed by atoms with Gasteiger partial charge < -0.3 is 5.32 Å². The maximum atomic E-state index is 12.7. The number of thiophene rings is 1. The van der Waals surface area contributed by atoms with Crippen molar-refractivity contribution in [2.45, 2.75) is 25.3 Å². The summed E-state index contributed by atoms with van der Waals surface area (Å²) in [5, 5.41) is 4.72. The predicted molar refractivity (Wildman–Crippen MR) is 88.6 cm³/mol. The van der Waals surface area contributed by atoms with Crippen molar-refractivity contribution < 1.29 is 8.42 Å². The van der Waals surface area contributed by atoms with E-state index in [-0.39, 0.29) is 0 Å². The molecule has 0 saturated carbocycles. The average Bonchev–Trinajstić information content (AvgIpc) is 2.86. The summed E-state index contributed by atoms with van der Waals surface area (Å²) in [6.45, 7) is 4.60. The Balaban J connectivity index is 2.37. The van der Waals surface area contributed by atoms with Gasteiger partial charge in [-0.1, -0.05) is 6.07 Å². The van der Waals surface area contributed by atoms with Gasteiger partial charge in [0.1, 0.15) is 0 Å². The van der Waals surface area contributed by atoms with E-state index in [1.807, 2.05) is 39.1 Å². The lowest BCUT2D eigenvalue weighted by molar-refractivity contribution is 0.594. The van der Waals surface area contributed by atoms with Crippen LogP contribution in [0, 0.1) is 13.8 Å². The van der Waals surface area contributed by atoms with Crippen LogP contribution in [-0.2, 0) is 16.6 Å². The van der Waals surface area contributed by atoms with Gasteiger partial charge in [0.2, 0.25) is 0 Å². The number of anilines is 1. The zero-order chi connectivity index (χ0) is 15.6. The van der Waals surface area contributed by atoms with E-state index in [2.05, 4.69) is 5.32 Å². The molecule has 0 spiro atoms. The zero-order valence-electron chi connectivity index (χ0n) is 12.7. The molecule has 2 aromatic rings. The molecule has 0 saturated heterocycles. The highest BCUT2D eigenvalue weighted by molar-refractivity contribution is 7.93. The molecule has 0 aliphatic rings. The summed E-state index contributed by atoms with van der Waals surface area (Å²) in [4.78, 5) is 1.35. The molecule has 0 bridgehead atoms. The summed E-state index contributed by atoms with van der Waals surface area (Å²) in [5.41, 5.74) is 2.79. The minimum absolute atomic E-state index is 0.347. The molecule has 0 atom stereocenters. The minimum Gasteiger partial charge on any atom is -0.315 e. The Bertz CT molecular complexity index is 716. The van der Waals surface area contributed by atoms with Crippen molar-refractivity contribution in [3.63, 3.8) is 0 Å².